The van der Waals surface area contributed by atoms with Crippen LogP contribution in [-0.2, 0) is 12.8 Å². The molecule has 6 heteroatoms. The zero-order chi connectivity index (χ0) is 19.3. The summed E-state index contributed by atoms with van der Waals surface area (Å²) in [7, 11) is 0. The van der Waals surface area contributed by atoms with Crippen molar-refractivity contribution in [3.63, 3.8) is 0 Å². The summed E-state index contributed by atoms with van der Waals surface area (Å²) in [6.07, 6.45) is 3.49. The second kappa shape index (κ2) is 8.56. The minimum absolute atomic E-state index is 0.00699. The second-order valence-electron chi connectivity index (χ2n) is 6.52. The molecule has 0 fully saturated rings. The van der Waals surface area contributed by atoms with Gasteiger partial charge >= 0.3 is 0 Å². The van der Waals surface area contributed by atoms with Gasteiger partial charge in [-0.25, -0.2) is 0 Å². The van der Waals surface area contributed by atoms with Crippen LogP contribution in [0.5, 0.6) is 0 Å². The van der Waals surface area contributed by atoms with E-state index in [1.807, 2.05) is 26.0 Å². The van der Waals surface area contributed by atoms with Gasteiger partial charge in [0.1, 0.15) is 0 Å². The van der Waals surface area contributed by atoms with Crippen LogP contribution in [-0.4, -0.2) is 9.85 Å². The van der Waals surface area contributed by atoms with Crippen molar-refractivity contribution in [2.45, 2.75) is 52.4 Å². The quantitative estimate of drug-likeness (QED) is 0.457. The van der Waals surface area contributed by atoms with E-state index in [0.29, 0.717) is 11.1 Å². The van der Waals surface area contributed by atoms with E-state index >= 15 is 0 Å². The molecule has 0 unspecified atom stereocenters. The summed E-state index contributed by atoms with van der Waals surface area (Å²) in [5, 5.41) is 23.0. The zero-order valence-corrected chi connectivity index (χ0v) is 15.4. The first-order valence-electron chi connectivity index (χ1n) is 8.93. The van der Waals surface area contributed by atoms with E-state index in [-0.39, 0.29) is 11.4 Å². The average molecular weight is 356 g/mol. The van der Waals surface area contributed by atoms with E-state index in [2.05, 4.69) is 0 Å². The predicted molar refractivity (Wildman–Crippen MR) is 102 cm³/mol. The van der Waals surface area contributed by atoms with Crippen LogP contribution in [0.3, 0.4) is 0 Å². The number of benzene rings is 2. The summed E-state index contributed by atoms with van der Waals surface area (Å²) in [6, 6.07) is 10.2. The van der Waals surface area contributed by atoms with Gasteiger partial charge in [-0.15, -0.1) is 0 Å². The monoisotopic (exact) mass is 356 g/mol. The smallest absolute Gasteiger partial charge is 0.258 e. The van der Waals surface area contributed by atoms with Crippen LogP contribution in [0, 0.1) is 20.2 Å². The molecule has 0 atom stereocenters. The second-order valence-corrected chi connectivity index (χ2v) is 6.52. The molecule has 2 aromatic rings. The van der Waals surface area contributed by atoms with Gasteiger partial charge in [0.05, 0.1) is 9.85 Å². The largest absolute Gasteiger partial charge is 0.273 e. The van der Waals surface area contributed by atoms with Crippen molar-refractivity contribution in [2.75, 3.05) is 0 Å². The Bertz CT molecular complexity index is 750. The first-order chi connectivity index (χ1) is 12.4. The molecule has 138 valence electrons. The number of rotatable bonds is 8. The molecule has 0 aliphatic rings. The minimum atomic E-state index is -0.440. The number of nitro groups is 2. The maximum Gasteiger partial charge on any atom is 0.273 e. The highest BCUT2D eigenvalue weighted by Crippen LogP contribution is 2.37. The molecular formula is C20H24N2O4. The Morgan fingerprint density at radius 1 is 0.808 bits per heavy atom. The lowest BCUT2D eigenvalue weighted by Gasteiger charge is -2.15. The summed E-state index contributed by atoms with van der Waals surface area (Å²) in [5.74, 6) is -0.440. The number of aryl methyl sites for hydroxylation is 2. The average Bonchev–Trinajstić information content (AvgIpc) is 2.61. The van der Waals surface area contributed by atoms with Crippen LogP contribution in [0.25, 0.3) is 0 Å². The molecule has 0 N–H and O–H groups in total. The fourth-order valence-electron chi connectivity index (χ4n) is 3.29. The Morgan fingerprint density at radius 2 is 1.19 bits per heavy atom. The van der Waals surface area contributed by atoms with Crippen LogP contribution in [0.2, 0.25) is 0 Å². The highest BCUT2D eigenvalue weighted by atomic mass is 16.6. The molecule has 0 saturated heterocycles. The Hall–Kier alpha value is -2.76. The normalized spacial score (nSPS) is 10.9. The third kappa shape index (κ3) is 4.25. The Labute approximate surface area is 153 Å². The van der Waals surface area contributed by atoms with Gasteiger partial charge in [-0.3, -0.25) is 20.2 Å². The van der Waals surface area contributed by atoms with Gasteiger partial charge in [0.2, 0.25) is 0 Å². The maximum atomic E-state index is 11.5. The molecular weight excluding hydrogens is 332 g/mol. The number of nitrogens with zero attached hydrogens (tertiary/aromatic N) is 2. The van der Waals surface area contributed by atoms with Crippen LogP contribution in [0.15, 0.2) is 36.4 Å². The summed E-state index contributed by atoms with van der Waals surface area (Å²) >= 11 is 0. The lowest BCUT2D eigenvalue weighted by Crippen LogP contribution is -2.06. The first-order valence-corrected chi connectivity index (χ1v) is 8.93. The van der Waals surface area contributed by atoms with Crippen molar-refractivity contribution in [3.8, 4) is 0 Å². The van der Waals surface area contributed by atoms with E-state index in [1.54, 1.807) is 19.1 Å². The minimum Gasteiger partial charge on any atom is -0.258 e. The lowest BCUT2D eigenvalue weighted by atomic mass is 9.87. The van der Waals surface area contributed by atoms with Crippen LogP contribution in [0.4, 0.5) is 11.4 Å². The molecule has 2 aromatic carbocycles. The molecule has 0 heterocycles. The molecule has 0 aromatic heterocycles. The van der Waals surface area contributed by atoms with Crippen molar-refractivity contribution in [1.29, 1.82) is 0 Å². The fraction of sp³-hybridized carbons (Fsp3) is 0.400. The maximum absolute atomic E-state index is 11.5. The molecule has 0 radical (unpaired) electrons. The van der Waals surface area contributed by atoms with Crippen LogP contribution >= 0.6 is 0 Å². The molecule has 0 bridgehead atoms. The highest BCUT2D eigenvalue weighted by Gasteiger charge is 2.26. The topological polar surface area (TPSA) is 86.3 Å². The van der Waals surface area contributed by atoms with Crippen LogP contribution in [0.1, 0.15) is 61.8 Å². The van der Waals surface area contributed by atoms with Crippen LogP contribution < -0.4 is 0 Å². The van der Waals surface area contributed by atoms with Gasteiger partial charge in [-0.2, -0.15) is 0 Å². The molecule has 0 spiro atoms. The van der Waals surface area contributed by atoms with Crippen molar-refractivity contribution < 1.29 is 9.85 Å². The van der Waals surface area contributed by atoms with Gasteiger partial charge < -0.3 is 0 Å². The van der Waals surface area contributed by atoms with Gasteiger partial charge in [0.25, 0.3) is 11.4 Å². The van der Waals surface area contributed by atoms with Gasteiger partial charge in [-0.1, -0.05) is 45.7 Å². The summed E-state index contributed by atoms with van der Waals surface area (Å²) < 4.78 is 0. The molecule has 0 aliphatic heterocycles. The van der Waals surface area contributed by atoms with Gasteiger partial charge in [0, 0.05) is 29.2 Å². The molecule has 26 heavy (non-hydrogen) atoms. The zero-order valence-electron chi connectivity index (χ0n) is 15.4. The fourth-order valence-corrected chi connectivity index (χ4v) is 3.29. The Balaban J connectivity index is 2.61. The van der Waals surface area contributed by atoms with Crippen molar-refractivity contribution in [1.82, 2.24) is 0 Å². The van der Waals surface area contributed by atoms with E-state index in [0.717, 1.165) is 36.8 Å². The molecule has 6 nitrogen and oxygen atoms in total. The van der Waals surface area contributed by atoms with E-state index < -0.39 is 15.8 Å². The third-order valence-electron chi connectivity index (χ3n) is 4.59. The van der Waals surface area contributed by atoms with Crippen molar-refractivity contribution in [3.05, 3.63) is 78.9 Å². The van der Waals surface area contributed by atoms with Gasteiger partial charge in [0.15, 0.2) is 0 Å². The molecule has 0 saturated carbocycles. The summed E-state index contributed by atoms with van der Waals surface area (Å²) in [6.45, 7) is 5.89. The third-order valence-corrected chi connectivity index (χ3v) is 4.59. The number of nitro benzene ring substituents is 2. The standard InChI is InChI=1S/C20H24N2O4/c1-4-6-15-8-10-19(21(23)24)17(12-15)14(3)18-13-16(7-5-2)9-11-20(18)22(25)26/h8-14H,4-7H2,1-3H3. The summed E-state index contributed by atoms with van der Waals surface area (Å²) in [5.41, 5.74) is 3.08. The predicted octanol–water partition coefficient (Wildman–Crippen LogP) is 5.56. The number of hydrogen-bond donors (Lipinski definition) is 0. The lowest BCUT2D eigenvalue weighted by molar-refractivity contribution is -0.386. The molecule has 2 rings (SSSR count). The SMILES string of the molecule is CCCc1ccc([N+](=O)[O-])c(C(C)c2cc(CCC)ccc2[N+](=O)[O-])c1. The van der Waals surface area contributed by atoms with Crippen molar-refractivity contribution >= 4 is 11.4 Å². The van der Waals surface area contributed by atoms with E-state index in [1.165, 1.54) is 12.1 Å². The molecule has 0 aliphatic carbocycles. The molecule has 0 amide bonds. The highest BCUT2D eigenvalue weighted by molar-refractivity contribution is 5.54. The van der Waals surface area contributed by atoms with E-state index in [9.17, 15) is 20.2 Å². The van der Waals surface area contributed by atoms with Crippen molar-refractivity contribution in [2.24, 2.45) is 0 Å². The first kappa shape index (κ1) is 19.6. The van der Waals surface area contributed by atoms with E-state index in [4.69, 9.17) is 0 Å². The summed E-state index contributed by atoms with van der Waals surface area (Å²) in [4.78, 5) is 22.1. The Kier molecular flexibility index (Phi) is 6.44. The Morgan fingerprint density at radius 3 is 1.50 bits per heavy atom. The number of hydrogen-bond acceptors (Lipinski definition) is 4. The van der Waals surface area contributed by atoms with Gasteiger partial charge in [-0.05, 0) is 36.1 Å².